The van der Waals surface area contributed by atoms with E-state index in [1.807, 2.05) is 0 Å². The lowest BCUT2D eigenvalue weighted by atomic mass is 10.1. The molecule has 14 heavy (non-hydrogen) atoms. The van der Waals surface area contributed by atoms with Crippen molar-refractivity contribution in [3.05, 3.63) is 0 Å². The standard InChI is InChI=1S/C11H22O2S/c12-14(13)11-9-7-5-3-1-2-4-6-8-10-11/h11,14H,1-10H2. The third kappa shape index (κ3) is 4.99. The molecule has 1 rings (SSSR count). The van der Waals surface area contributed by atoms with Crippen molar-refractivity contribution >= 4 is 10.7 Å². The quantitative estimate of drug-likeness (QED) is 0.687. The van der Waals surface area contributed by atoms with Gasteiger partial charge in [0.15, 0.2) is 0 Å². The fourth-order valence-corrected chi connectivity index (χ4v) is 2.96. The molecular weight excluding hydrogens is 196 g/mol. The zero-order valence-electron chi connectivity index (χ0n) is 8.91. The number of hydrogen-bond donors (Lipinski definition) is 1. The molecule has 0 aliphatic heterocycles. The molecule has 0 unspecified atom stereocenters. The topological polar surface area (TPSA) is 34.1 Å². The third-order valence-corrected chi connectivity index (χ3v) is 4.24. The Kier molecular flexibility index (Phi) is 6.24. The Balaban J connectivity index is 2.35. The van der Waals surface area contributed by atoms with Crippen molar-refractivity contribution in [3.63, 3.8) is 0 Å². The zero-order chi connectivity index (χ0) is 10.2. The van der Waals surface area contributed by atoms with Gasteiger partial charge in [0, 0.05) is 0 Å². The summed E-state index contributed by atoms with van der Waals surface area (Å²) in [6, 6.07) is 0. The van der Waals surface area contributed by atoms with E-state index in [1.54, 1.807) is 0 Å². The number of hydrogen-bond acceptors (Lipinski definition) is 2. The van der Waals surface area contributed by atoms with Gasteiger partial charge in [-0.2, -0.15) is 0 Å². The van der Waals surface area contributed by atoms with Crippen LogP contribution in [0, 0.1) is 0 Å². The normalized spacial score (nSPS) is 23.2. The third-order valence-electron chi connectivity index (χ3n) is 3.12. The van der Waals surface area contributed by atoms with Crippen molar-refractivity contribution in [2.24, 2.45) is 0 Å². The molecule has 3 heteroatoms. The first kappa shape index (κ1) is 12.0. The van der Waals surface area contributed by atoms with Gasteiger partial charge in [0.1, 0.15) is 10.7 Å². The SMILES string of the molecule is O=[SH](=O)C1CCCCCCCCCC1. The molecule has 84 valence electrons. The summed E-state index contributed by atoms with van der Waals surface area (Å²) in [5.41, 5.74) is 0. The van der Waals surface area contributed by atoms with Crippen LogP contribution in [0.15, 0.2) is 0 Å². The molecule has 0 spiro atoms. The van der Waals surface area contributed by atoms with Crippen LogP contribution in [0.25, 0.3) is 0 Å². The Morgan fingerprint density at radius 2 is 1.00 bits per heavy atom. The minimum Gasteiger partial charge on any atom is -0.232 e. The van der Waals surface area contributed by atoms with Crippen LogP contribution in [0.4, 0.5) is 0 Å². The summed E-state index contributed by atoms with van der Waals surface area (Å²) in [6.07, 6.45) is 11.7. The van der Waals surface area contributed by atoms with Crippen molar-refractivity contribution in [2.75, 3.05) is 0 Å². The van der Waals surface area contributed by atoms with Gasteiger partial charge < -0.3 is 0 Å². The van der Waals surface area contributed by atoms with Crippen LogP contribution in [-0.2, 0) is 10.7 Å². The molecule has 0 N–H and O–H groups in total. The van der Waals surface area contributed by atoms with E-state index in [1.165, 1.54) is 38.5 Å². The molecule has 1 aliphatic rings. The molecule has 0 saturated heterocycles. The fourth-order valence-electron chi connectivity index (χ4n) is 2.18. The van der Waals surface area contributed by atoms with Crippen molar-refractivity contribution in [2.45, 2.75) is 69.5 Å². The lowest BCUT2D eigenvalue weighted by Crippen LogP contribution is -2.09. The van der Waals surface area contributed by atoms with Crippen LogP contribution >= 0.6 is 0 Å². The van der Waals surface area contributed by atoms with Crippen LogP contribution in [-0.4, -0.2) is 13.7 Å². The van der Waals surface area contributed by atoms with E-state index in [0.29, 0.717) is 0 Å². The van der Waals surface area contributed by atoms with Crippen LogP contribution in [0.5, 0.6) is 0 Å². The predicted molar refractivity (Wildman–Crippen MR) is 60.3 cm³/mol. The van der Waals surface area contributed by atoms with E-state index in [2.05, 4.69) is 0 Å². The van der Waals surface area contributed by atoms with Gasteiger partial charge in [0.2, 0.25) is 0 Å². The largest absolute Gasteiger partial charge is 0.232 e. The molecule has 0 heterocycles. The van der Waals surface area contributed by atoms with Crippen molar-refractivity contribution in [1.29, 1.82) is 0 Å². The molecule has 1 fully saturated rings. The molecular formula is C11H22O2S. The minimum absolute atomic E-state index is 0.0249. The summed E-state index contributed by atoms with van der Waals surface area (Å²) in [7, 11) is -2.18. The van der Waals surface area contributed by atoms with E-state index < -0.39 is 10.7 Å². The summed E-state index contributed by atoms with van der Waals surface area (Å²) >= 11 is 0. The van der Waals surface area contributed by atoms with Gasteiger partial charge in [0.25, 0.3) is 0 Å². The zero-order valence-corrected chi connectivity index (χ0v) is 9.81. The maximum Gasteiger partial charge on any atom is 0.143 e. The molecule has 0 radical (unpaired) electrons. The first-order valence-electron chi connectivity index (χ1n) is 5.94. The van der Waals surface area contributed by atoms with Crippen molar-refractivity contribution in [1.82, 2.24) is 0 Å². The van der Waals surface area contributed by atoms with Gasteiger partial charge >= 0.3 is 0 Å². The van der Waals surface area contributed by atoms with Crippen LogP contribution in [0.2, 0.25) is 0 Å². The van der Waals surface area contributed by atoms with Gasteiger partial charge in [-0.3, -0.25) is 0 Å². The number of thiol groups is 1. The Bertz CT molecular complexity index is 191. The average Bonchev–Trinajstić information content (AvgIpc) is 2.21. The van der Waals surface area contributed by atoms with Crippen molar-refractivity contribution < 1.29 is 8.42 Å². The highest BCUT2D eigenvalue weighted by Gasteiger charge is 2.11. The fraction of sp³-hybridized carbons (Fsp3) is 1.00. The minimum atomic E-state index is -2.18. The highest BCUT2D eigenvalue weighted by Crippen LogP contribution is 2.18. The van der Waals surface area contributed by atoms with Crippen LogP contribution in [0.3, 0.4) is 0 Å². The van der Waals surface area contributed by atoms with Crippen LogP contribution in [0.1, 0.15) is 64.2 Å². The molecule has 1 saturated carbocycles. The maximum atomic E-state index is 10.9. The lowest BCUT2D eigenvalue weighted by Gasteiger charge is -2.08. The monoisotopic (exact) mass is 218 g/mol. The van der Waals surface area contributed by atoms with Gasteiger partial charge in [-0.25, -0.2) is 8.42 Å². The Hall–Kier alpha value is -0.0500. The van der Waals surface area contributed by atoms with Gasteiger partial charge in [-0.05, 0) is 12.8 Å². The highest BCUT2D eigenvalue weighted by molar-refractivity contribution is 7.73. The molecule has 0 bridgehead atoms. The molecule has 0 atom stereocenters. The molecule has 0 amide bonds. The lowest BCUT2D eigenvalue weighted by molar-refractivity contribution is 0.549. The second-order valence-electron chi connectivity index (χ2n) is 4.34. The Morgan fingerprint density at radius 1 is 0.643 bits per heavy atom. The first-order chi connectivity index (χ1) is 6.80. The average molecular weight is 218 g/mol. The van der Waals surface area contributed by atoms with Crippen LogP contribution < -0.4 is 0 Å². The summed E-state index contributed by atoms with van der Waals surface area (Å²) in [5, 5.41) is -0.0249. The number of rotatable bonds is 1. The smallest absolute Gasteiger partial charge is 0.143 e. The summed E-state index contributed by atoms with van der Waals surface area (Å²) < 4.78 is 21.9. The van der Waals surface area contributed by atoms with E-state index in [9.17, 15) is 8.42 Å². The molecule has 0 aromatic heterocycles. The van der Waals surface area contributed by atoms with Gasteiger partial charge in [-0.15, -0.1) is 0 Å². The van der Waals surface area contributed by atoms with Gasteiger partial charge in [0.05, 0.1) is 5.25 Å². The first-order valence-corrected chi connectivity index (χ1v) is 7.19. The Morgan fingerprint density at radius 3 is 1.36 bits per heavy atom. The molecule has 0 aromatic rings. The van der Waals surface area contributed by atoms with E-state index in [4.69, 9.17) is 0 Å². The van der Waals surface area contributed by atoms with E-state index in [-0.39, 0.29) is 5.25 Å². The second-order valence-corrected chi connectivity index (χ2v) is 5.65. The molecule has 2 nitrogen and oxygen atoms in total. The Labute approximate surface area is 89.0 Å². The maximum absolute atomic E-state index is 10.9. The highest BCUT2D eigenvalue weighted by atomic mass is 32.2. The summed E-state index contributed by atoms with van der Waals surface area (Å²) in [4.78, 5) is 0. The van der Waals surface area contributed by atoms with E-state index >= 15 is 0 Å². The molecule has 0 aromatic carbocycles. The van der Waals surface area contributed by atoms with E-state index in [0.717, 1.165) is 25.7 Å². The predicted octanol–water partition coefficient (Wildman–Crippen LogP) is 2.88. The second kappa shape index (κ2) is 7.27. The molecule has 1 aliphatic carbocycles. The van der Waals surface area contributed by atoms with Gasteiger partial charge in [-0.1, -0.05) is 51.4 Å². The summed E-state index contributed by atoms with van der Waals surface area (Å²) in [6.45, 7) is 0. The summed E-state index contributed by atoms with van der Waals surface area (Å²) in [5.74, 6) is 0. The van der Waals surface area contributed by atoms with Crippen molar-refractivity contribution in [3.8, 4) is 0 Å².